The molecule has 0 saturated heterocycles. The van der Waals surface area contributed by atoms with Crippen molar-refractivity contribution in [2.45, 2.75) is 6.61 Å². The van der Waals surface area contributed by atoms with E-state index in [1.165, 1.54) is 19.2 Å². The number of ether oxygens (including phenoxy) is 2. The van der Waals surface area contributed by atoms with Gasteiger partial charge < -0.3 is 13.9 Å². The first-order valence-corrected chi connectivity index (χ1v) is 7.89. The Kier molecular flexibility index (Phi) is 5.28. The van der Waals surface area contributed by atoms with Crippen LogP contribution in [0.3, 0.4) is 0 Å². The van der Waals surface area contributed by atoms with Gasteiger partial charge in [0.25, 0.3) is 5.89 Å². The molecule has 0 N–H and O–H groups in total. The van der Waals surface area contributed by atoms with Gasteiger partial charge in [0.1, 0.15) is 0 Å². The zero-order valence-electron chi connectivity index (χ0n) is 13.6. The number of nitrogens with zero attached hydrogens (tertiary/aromatic N) is 2. The lowest BCUT2D eigenvalue weighted by Gasteiger charge is -2.06. The summed E-state index contributed by atoms with van der Waals surface area (Å²) in [5, 5.41) is 8.33. The number of carbonyl (C=O) groups excluding carboxylic acids is 2. The van der Waals surface area contributed by atoms with Crippen molar-refractivity contribution < 1.29 is 23.5 Å². The molecule has 0 amide bonds. The van der Waals surface area contributed by atoms with Gasteiger partial charge >= 0.3 is 11.9 Å². The molecule has 0 aliphatic heterocycles. The second-order valence-corrected chi connectivity index (χ2v) is 5.56. The van der Waals surface area contributed by atoms with Crippen molar-refractivity contribution in [2.75, 3.05) is 7.11 Å². The van der Waals surface area contributed by atoms with Crippen LogP contribution >= 0.6 is 11.6 Å². The lowest BCUT2D eigenvalue weighted by molar-refractivity contribution is 0.0426. The van der Waals surface area contributed by atoms with Crippen molar-refractivity contribution in [2.24, 2.45) is 0 Å². The molecule has 0 saturated carbocycles. The molecule has 3 aromatic rings. The molecule has 2 aromatic carbocycles. The number of hydrogen-bond acceptors (Lipinski definition) is 7. The molecule has 0 radical (unpaired) electrons. The summed E-state index contributed by atoms with van der Waals surface area (Å²) in [7, 11) is 1.24. The molecule has 0 bridgehead atoms. The van der Waals surface area contributed by atoms with Gasteiger partial charge in [-0.25, -0.2) is 9.59 Å². The predicted molar refractivity (Wildman–Crippen MR) is 91.6 cm³/mol. The molecule has 0 spiro atoms. The maximum absolute atomic E-state index is 12.2. The van der Waals surface area contributed by atoms with E-state index in [0.717, 1.165) is 0 Å². The van der Waals surface area contributed by atoms with Crippen LogP contribution in [-0.4, -0.2) is 29.2 Å². The molecule has 1 heterocycles. The van der Waals surface area contributed by atoms with Gasteiger partial charge in [-0.2, -0.15) is 0 Å². The first-order valence-electron chi connectivity index (χ1n) is 7.51. The van der Waals surface area contributed by atoms with E-state index in [2.05, 4.69) is 14.9 Å². The Balaban J connectivity index is 1.69. The van der Waals surface area contributed by atoms with Crippen LogP contribution in [-0.2, 0) is 16.1 Å². The normalized spacial score (nSPS) is 10.4. The Morgan fingerprint density at radius 3 is 2.31 bits per heavy atom. The highest BCUT2D eigenvalue weighted by atomic mass is 35.5. The summed E-state index contributed by atoms with van der Waals surface area (Å²) in [5.41, 5.74) is 0.902. The molecular weight excluding hydrogens is 360 g/mol. The summed E-state index contributed by atoms with van der Waals surface area (Å²) in [6, 6.07) is 13.1. The standard InChI is InChI=1S/C18H13ClN2O5/c1-24-17(22)13-4-2-3-5-14(13)18(23)25-10-15-20-21-16(26-15)11-6-8-12(19)9-7-11/h2-9H,10H2,1H3. The summed E-state index contributed by atoms with van der Waals surface area (Å²) in [6.07, 6.45) is 0. The molecule has 0 unspecified atom stereocenters. The Bertz CT molecular complexity index is 937. The number of rotatable bonds is 5. The first kappa shape index (κ1) is 17.6. The van der Waals surface area contributed by atoms with Crippen LogP contribution in [0.5, 0.6) is 0 Å². The quantitative estimate of drug-likeness (QED) is 0.632. The number of halogens is 1. The fourth-order valence-corrected chi connectivity index (χ4v) is 2.30. The van der Waals surface area contributed by atoms with Gasteiger partial charge in [-0.3, -0.25) is 0 Å². The van der Waals surface area contributed by atoms with E-state index >= 15 is 0 Å². The number of methoxy groups -OCH3 is 1. The molecule has 7 nitrogen and oxygen atoms in total. The zero-order chi connectivity index (χ0) is 18.5. The van der Waals surface area contributed by atoms with Crippen molar-refractivity contribution in [3.8, 4) is 11.5 Å². The molecule has 0 atom stereocenters. The minimum Gasteiger partial charge on any atom is -0.465 e. The van der Waals surface area contributed by atoms with Gasteiger partial charge in [-0.15, -0.1) is 10.2 Å². The van der Waals surface area contributed by atoms with E-state index in [4.69, 9.17) is 20.8 Å². The third-order valence-corrected chi connectivity index (χ3v) is 3.69. The van der Waals surface area contributed by atoms with E-state index in [9.17, 15) is 9.59 Å². The van der Waals surface area contributed by atoms with Gasteiger partial charge in [-0.1, -0.05) is 23.7 Å². The lowest BCUT2D eigenvalue weighted by Crippen LogP contribution is -2.12. The third-order valence-electron chi connectivity index (χ3n) is 3.44. The molecule has 0 fully saturated rings. The zero-order valence-corrected chi connectivity index (χ0v) is 14.4. The molecule has 0 aliphatic carbocycles. The second-order valence-electron chi connectivity index (χ2n) is 5.12. The maximum atomic E-state index is 12.2. The van der Waals surface area contributed by atoms with Crippen molar-refractivity contribution >= 4 is 23.5 Å². The lowest BCUT2D eigenvalue weighted by atomic mass is 10.1. The van der Waals surface area contributed by atoms with Crippen molar-refractivity contribution in [1.82, 2.24) is 10.2 Å². The smallest absolute Gasteiger partial charge is 0.339 e. The highest BCUT2D eigenvalue weighted by Crippen LogP contribution is 2.20. The van der Waals surface area contributed by atoms with Crippen molar-refractivity contribution in [1.29, 1.82) is 0 Å². The summed E-state index contributed by atoms with van der Waals surface area (Å²) >= 11 is 5.84. The number of benzene rings is 2. The fourth-order valence-electron chi connectivity index (χ4n) is 2.18. The van der Waals surface area contributed by atoms with E-state index in [1.54, 1.807) is 36.4 Å². The van der Waals surface area contributed by atoms with Crippen LogP contribution in [0, 0.1) is 0 Å². The molecular formula is C18H13ClN2O5. The topological polar surface area (TPSA) is 91.5 Å². The minimum atomic E-state index is -0.697. The fraction of sp³-hybridized carbons (Fsp3) is 0.111. The summed E-state index contributed by atoms with van der Waals surface area (Å²) < 4.78 is 15.3. The van der Waals surface area contributed by atoms with E-state index in [-0.39, 0.29) is 29.5 Å². The van der Waals surface area contributed by atoms with Gasteiger partial charge in [0.05, 0.1) is 18.2 Å². The second kappa shape index (κ2) is 7.79. The van der Waals surface area contributed by atoms with Crippen LogP contribution in [0.15, 0.2) is 52.9 Å². The average Bonchev–Trinajstić information content (AvgIpc) is 3.15. The van der Waals surface area contributed by atoms with Crippen LogP contribution in [0.2, 0.25) is 5.02 Å². The highest BCUT2D eigenvalue weighted by molar-refractivity contribution is 6.30. The monoisotopic (exact) mass is 372 g/mol. The highest BCUT2D eigenvalue weighted by Gasteiger charge is 2.19. The van der Waals surface area contributed by atoms with Gasteiger partial charge in [0.15, 0.2) is 6.61 Å². The van der Waals surface area contributed by atoms with Crippen LogP contribution < -0.4 is 0 Å². The van der Waals surface area contributed by atoms with E-state index in [1.807, 2.05) is 0 Å². The van der Waals surface area contributed by atoms with Crippen molar-refractivity contribution in [3.63, 3.8) is 0 Å². The van der Waals surface area contributed by atoms with Gasteiger partial charge in [-0.05, 0) is 36.4 Å². The SMILES string of the molecule is COC(=O)c1ccccc1C(=O)OCc1nnc(-c2ccc(Cl)cc2)o1. The van der Waals surface area contributed by atoms with Crippen molar-refractivity contribution in [3.05, 3.63) is 70.6 Å². The first-order chi connectivity index (χ1) is 12.6. The number of esters is 2. The van der Waals surface area contributed by atoms with E-state index in [0.29, 0.717) is 10.6 Å². The number of hydrogen-bond donors (Lipinski definition) is 0. The Morgan fingerprint density at radius 1 is 1.00 bits per heavy atom. The molecule has 132 valence electrons. The predicted octanol–water partition coefficient (Wildman–Crippen LogP) is 3.53. The molecule has 26 heavy (non-hydrogen) atoms. The van der Waals surface area contributed by atoms with Crippen LogP contribution in [0.25, 0.3) is 11.5 Å². The van der Waals surface area contributed by atoms with E-state index < -0.39 is 11.9 Å². The number of aromatic nitrogens is 2. The molecule has 8 heteroatoms. The molecule has 3 rings (SSSR count). The number of carbonyl (C=O) groups is 2. The van der Waals surface area contributed by atoms with Crippen LogP contribution in [0.1, 0.15) is 26.6 Å². The van der Waals surface area contributed by atoms with Crippen LogP contribution in [0.4, 0.5) is 0 Å². The molecule has 1 aromatic heterocycles. The summed E-state index contributed by atoms with van der Waals surface area (Å²) in [5.74, 6) is -0.917. The summed E-state index contributed by atoms with van der Waals surface area (Å²) in [6.45, 7) is -0.227. The Labute approximate surface area is 153 Å². The van der Waals surface area contributed by atoms with Gasteiger partial charge in [0, 0.05) is 10.6 Å². The largest absolute Gasteiger partial charge is 0.465 e. The Hall–Kier alpha value is -3.19. The Morgan fingerprint density at radius 2 is 1.65 bits per heavy atom. The summed E-state index contributed by atoms with van der Waals surface area (Å²) in [4.78, 5) is 24.0. The average molecular weight is 373 g/mol. The van der Waals surface area contributed by atoms with Gasteiger partial charge in [0.2, 0.25) is 5.89 Å². The minimum absolute atomic E-state index is 0.0943. The third kappa shape index (κ3) is 3.89. The maximum Gasteiger partial charge on any atom is 0.339 e. The molecule has 0 aliphatic rings.